The first-order valence-electron chi connectivity index (χ1n) is 9.23. The SMILES string of the molecule is CCC1CCCCN1CC(=O)Nc1ccc(N2CCOCC2)cc1. The summed E-state index contributed by atoms with van der Waals surface area (Å²) >= 11 is 0. The number of amides is 1. The number of likely N-dealkylation sites (tertiary alicyclic amines) is 1. The molecular weight excluding hydrogens is 302 g/mol. The molecule has 0 aliphatic carbocycles. The number of nitrogens with one attached hydrogen (secondary N) is 1. The predicted octanol–water partition coefficient (Wildman–Crippen LogP) is 2.73. The molecule has 5 nitrogen and oxygen atoms in total. The predicted molar refractivity (Wildman–Crippen MR) is 97.6 cm³/mol. The maximum atomic E-state index is 12.3. The molecule has 2 saturated heterocycles. The van der Waals surface area contributed by atoms with Gasteiger partial charge in [0.1, 0.15) is 0 Å². The second kappa shape index (κ2) is 8.49. The minimum Gasteiger partial charge on any atom is -0.378 e. The summed E-state index contributed by atoms with van der Waals surface area (Å²) in [4.78, 5) is 17.0. The number of nitrogens with zero attached hydrogens (tertiary/aromatic N) is 2. The largest absolute Gasteiger partial charge is 0.378 e. The zero-order valence-electron chi connectivity index (χ0n) is 14.7. The quantitative estimate of drug-likeness (QED) is 0.901. The molecule has 5 heteroatoms. The minimum absolute atomic E-state index is 0.0921. The minimum atomic E-state index is 0.0921. The van der Waals surface area contributed by atoms with Crippen molar-refractivity contribution in [1.82, 2.24) is 4.90 Å². The summed E-state index contributed by atoms with van der Waals surface area (Å²) in [6, 6.07) is 8.72. The Morgan fingerprint density at radius 3 is 2.62 bits per heavy atom. The van der Waals surface area contributed by atoms with Gasteiger partial charge >= 0.3 is 0 Å². The van der Waals surface area contributed by atoms with E-state index in [-0.39, 0.29) is 5.91 Å². The number of piperidine rings is 1. The molecule has 1 unspecified atom stereocenters. The summed E-state index contributed by atoms with van der Waals surface area (Å²) in [5.74, 6) is 0.0921. The van der Waals surface area contributed by atoms with Gasteiger partial charge in [-0.1, -0.05) is 13.3 Å². The fourth-order valence-electron chi connectivity index (χ4n) is 3.69. The van der Waals surface area contributed by atoms with Gasteiger partial charge in [0.2, 0.25) is 5.91 Å². The number of ether oxygens (including phenoxy) is 1. The van der Waals surface area contributed by atoms with Crippen LogP contribution in [0.15, 0.2) is 24.3 Å². The number of hydrogen-bond acceptors (Lipinski definition) is 4. The van der Waals surface area contributed by atoms with Crippen LogP contribution in [0, 0.1) is 0 Å². The number of rotatable bonds is 5. The van der Waals surface area contributed by atoms with E-state index in [0.29, 0.717) is 12.6 Å². The highest BCUT2D eigenvalue weighted by atomic mass is 16.5. The average Bonchev–Trinajstić information content (AvgIpc) is 2.63. The first kappa shape index (κ1) is 17.2. The van der Waals surface area contributed by atoms with E-state index in [1.807, 2.05) is 12.1 Å². The van der Waals surface area contributed by atoms with Crippen molar-refractivity contribution >= 4 is 17.3 Å². The lowest BCUT2D eigenvalue weighted by molar-refractivity contribution is -0.118. The number of anilines is 2. The molecule has 0 saturated carbocycles. The van der Waals surface area contributed by atoms with Gasteiger partial charge in [-0.25, -0.2) is 0 Å². The van der Waals surface area contributed by atoms with Crippen molar-refractivity contribution in [1.29, 1.82) is 0 Å². The van der Waals surface area contributed by atoms with Gasteiger partial charge in [-0.15, -0.1) is 0 Å². The van der Waals surface area contributed by atoms with Crippen molar-refractivity contribution in [3.05, 3.63) is 24.3 Å². The van der Waals surface area contributed by atoms with E-state index in [1.54, 1.807) is 0 Å². The summed E-state index contributed by atoms with van der Waals surface area (Å²) in [7, 11) is 0. The monoisotopic (exact) mass is 331 g/mol. The normalized spacial score (nSPS) is 22.4. The molecule has 1 aromatic carbocycles. The Balaban J connectivity index is 1.52. The number of hydrogen-bond donors (Lipinski definition) is 1. The third-order valence-electron chi connectivity index (χ3n) is 5.09. The van der Waals surface area contributed by atoms with Crippen LogP contribution >= 0.6 is 0 Å². The van der Waals surface area contributed by atoms with Crippen LogP contribution in [-0.2, 0) is 9.53 Å². The van der Waals surface area contributed by atoms with Gasteiger partial charge in [0.15, 0.2) is 0 Å². The third-order valence-corrected chi connectivity index (χ3v) is 5.09. The highest BCUT2D eigenvalue weighted by Crippen LogP contribution is 2.21. The van der Waals surface area contributed by atoms with Gasteiger partial charge in [0.05, 0.1) is 19.8 Å². The summed E-state index contributed by atoms with van der Waals surface area (Å²) in [5, 5.41) is 3.04. The van der Waals surface area contributed by atoms with Gasteiger partial charge in [-0.2, -0.15) is 0 Å². The van der Waals surface area contributed by atoms with Gasteiger partial charge in [-0.05, 0) is 50.1 Å². The van der Waals surface area contributed by atoms with E-state index in [2.05, 4.69) is 34.2 Å². The average molecular weight is 331 g/mol. The maximum Gasteiger partial charge on any atom is 0.238 e. The lowest BCUT2D eigenvalue weighted by Crippen LogP contribution is -2.43. The van der Waals surface area contributed by atoms with Crippen LogP contribution in [0.4, 0.5) is 11.4 Å². The van der Waals surface area contributed by atoms with E-state index in [1.165, 1.54) is 24.9 Å². The molecule has 2 aliphatic rings. The molecule has 1 aromatic rings. The van der Waals surface area contributed by atoms with E-state index >= 15 is 0 Å². The molecule has 0 radical (unpaired) electrons. The van der Waals surface area contributed by atoms with Crippen molar-refractivity contribution in [3.8, 4) is 0 Å². The van der Waals surface area contributed by atoms with Crippen molar-refractivity contribution in [3.63, 3.8) is 0 Å². The van der Waals surface area contributed by atoms with E-state index < -0.39 is 0 Å². The number of carbonyl (C=O) groups is 1. The van der Waals surface area contributed by atoms with Crippen molar-refractivity contribution in [2.75, 3.05) is 49.6 Å². The Hall–Kier alpha value is -1.59. The zero-order chi connectivity index (χ0) is 16.8. The van der Waals surface area contributed by atoms with Crippen LogP contribution in [0.3, 0.4) is 0 Å². The van der Waals surface area contributed by atoms with Crippen molar-refractivity contribution < 1.29 is 9.53 Å². The van der Waals surface area contributed by atoms with Gasteiger partial charge in [0, 0.05) is 30.5 Å². The standard InChI is InChI=1S/C19H29N3O2/c1-2-17-5-3-4-10-22(17)15-19(23)20-16-6-8-18(9-7-16)21-11-13-24-14-12-21/h6-9,17H,2-5,10-15H2,1H3,(H,20,23). The first-order chi connectivity index (χ1) is 11.8. The Kier molecular flexibility index (Phi) is 6.10. The number of morpholine rings is 1. The van der Waals surface area contributed by atoms with Crippen molar-refractivity contribution in [2.24, 2.45) is 0 Å². The number of carbonyl (C=O) groups excluding carboxylic acids is 1. The van der Waals surface area contributed by atoms with E-state index in [0.717, 1.165) is 45.0 Å². The Morgan fingerprint density at radius 2 is 1.92 bits per heavy atom. The lowest BCUT2D eigenvalue weighted by atomic mass is 10.00. The Bertz CT molecular complexity index is 526. The maximum absolute atomic E-state index is 12.3. The molecule has 2 heterocycles. The van der Waals surface area contributed by atoms with E-state index in [9.17, 15) is 4.79 Å². The molecule has 1 N–H and O–H groups in total. The molecule has 2 fully saturated rings. The Labute approximate surface area is 145 Å². The molecular formula is C19H29N3O2. The first-order valence-corrected chi connectivity index (χ1v) is 9.23. The topological polar surface area (TPSA) is 44.8 Å². The molecule has 0 bridgehead atoms. The molecule has 24 heavy (non-hydrogen) atoms. The Morgan fingerprint density at radius 1 is 1.17 bits per heavy atom. The van der Waals surface area contributed by atoms with E-state index in [4.69, 9.17) is 4.74 Å². The van der Waals surface area contributed by atoms with Gasteiger partial charge < -0.3 is 15.0 Å². The van der Waals surface area contributed by atoms with Crippen molar-refractivity contribution in [2.45, 2.75) is 38.6 Å². The van der Waals surface area contributed by atoms with Crippen LogP contribution < -0.4 is 10.2 Å². The second-order valence-electron chi connectivity index (χ2n) is 6.72. The van der Waals surface area contributed by atoms with Crippen LogP contribution in [0.5, 0.6) is 0 Å². The van der Waals surface area contributed by atoms with Crippen LogP contribution in [0.1, 0.15) is 32.6 Å². The van der Waals surface area contributed by atoms with Gasteiger partial charge in [-0.3, -0.25) is 9.69 Å². The zero-order valence-corrected chi connectivity index (χ0v) is 14.7. The third kappa shape index (κ3) is 4.48. The summed E-state index contributed by atoms with van der Waals surface area (Å²) in [6.07, 6.45) is 4.84. The van der Waals surface area contributed by atoms with Crippen LogP contribution in [0.25, 0.3) is 0 Å². The molecule has 1 atom stereocenters. The highest BCUT2D eigenvalue weighted by Gasteiger charge is 2.22. The fraction of sp³-hybridized carbons (Fsp3) is 0.632. The van der Waals surface area contributed by atoms with Gasteiger partial charge in [0.25, 0.3) is 0 Å². The summed E-state index contributed by atoms with van der Waals surface area (Å²) < 4.78 is 5.38. The second-order valence-corrected chi connectivity index (χ2v) is 6.72. The molecule has 0 aromatic heterocycles. The summed E-state index contributed by atoms with van der Waals surface area (Å²) in [5.41, 5.74) is 2.07. The highest BCUT2D eigenvalue weighted by molar-refractivity contribution is 5.92. The molecule has 3 rings (SSSR count). The lowest BCUT2D eigenvalue weighted by Gasteiger charge is -2.34. The van der Waals surface area contributed by atoms with Crippen LogP contribution in [-0.4, -0.2) is 56.2 Å². The molecule has 2 aliphatic heterocycles. The smallest absolute Gasteiger partial charge is 0.238 e. The summed E-state index contributed by atoms with van der Waals surface area (Å²) in [6.45, 7) is 7.19. The molecule has 1 amide bonds. The molecule has 132 valence electrons. The number of benzene rings is 1. The van der Waals surface area contributed by atoms with Crippen LogP contribution in [0.2, 0.25) is 0 Å². The molecule has 0 spiro atoms. The fourth-order valence-corrected chi connectivity index (χ4v) is 3.69.